The minimum absolute atomic E-state index is 0.0784. The minimum atomic E-state index is -3.87. The summed E-state index contributed by atoms with van der Waals surface area (Å²) in [7, 11) is -3.87. The Labute approximate surface area is 125 Å². The number of anilines is 1. The molecule has 0 saturated carbocycles. The molecule has 0 radical (unpaired) electrons. The number of thiazole rings is 1. The number of carboxylic acid groups (broad SMARTS) is 1. The maximum Gasteiger partial charge on any atom is 0.337 e. The van der Waals surface area contributed by atoms with E-state index < -0.39 is 16.0 Å². The number of carboxylic acids is 1. The summed E-state index contributed by atoms with van der Waals surface area (Å²) < 4.78 is 26.5. The average molecular weight is 327 g/mol. The van der Waals surface area contributed by atoms with Gasteiger partial charge in [-0.25, -0.2) is 14.8 Å². The molecular weight excluding hydrogens is 314 g/mol. The Morgan fingerprint density at radius 3 is 2.57 bits per heavy atom. The lowest BCUT2D eigenvalue weighted by Crippen LogP contribution is -2.15. The maximum atomic E-state index is 12.1. The largest absolute Gasteiger partial charge is 0.478 e. The summed E-state index contributed by atoms with van der Waals surface area (Å²) in [5.74, 6) is -0.964. The topological polar surface area (TPSA) is 109 Å². The van der Waals surface area contributed by atoms with E-state index in [1.807, 2.05) is 13.8 Å². The van der Waals surface area contributed by atoms with Gasteiger partial charge in [0.15, 0.2) is 10.2 Å². The maximum absolute atomic E-state index is 12.1. The van der Waals surface area contributed by atoms with Gasteiger partial charge in [-0.2, -0.15) is 8.42 Å². The number of nitrogens with zero attached hydrogens (tertiary/aromatic N) is 2. The van der Waals surface area contributed by atoms with E-state index >= 15 is 0 Å². The molecule has 0 saturated heterocycles. The number of aromatic nitrogens is 2. The average Bonchev–Trinajstić information content (AvgIpc) is 2.87. The zero-order chi connectivity index (χ0) is 15.6. The van der Waals surface area contributed by atoms with Crippen LogP contribution in [-0.2, 0) is 10.0 Å². The third kappa shape index (κ3) is 3.56. The predicted octanol–water partition coefficient (Wildman–Crippen LogP) is 2.16. The summed E-state index contributed by atoms with van der Waals surface area (Å²) in [4.78, 5) is 18.5. The molecular formula is C12H13N3O4S2. The number of pyridine rings is 1. The van der Waals surface area contributed by atoms with E-state index in [0.717, 1.165) is 18.0 Å². The van der Waals surface area contributed by atoms with E-state index in [1.165, 1.54) is 17.4 Å². The lowest BCUT2D eigenvalue weighted by Gasteiger charge is -2.04. The molecule has 112 valence electrons. The molecule has 0 aliphatic rings. The first kappa shape index (κ1) is 15.4. The Morgan fingerprint density at radius 1 is 1.38 bits per heavy atom. The molecule has 7 nitrogen and oxygen atoms in total. The van der Waals surface area contributed by atoms with Gasteiger partial charge in [-0.3, -0.25) is 4.72 Å². The Balaban J connectivity index is 2.22. The lowest BCUT2D eigenvalue weighted by atomic mass is 10.2. The van der Waals surface area contributed by atoms with Crippen LogP contribution < -0.4 is 4.72 Å². The lowest BCUT2D eigenvalue weighted by molar-refractivity contribution is 0.0696. The highest BCUT2D eigenvalue weighted by Crippen LogP contribution is 2.23. The van der Waals surface area contributed by atoms with Crippen molar-refractivity contribution in [2.24, 2.45) is 0 Å². The number of nitrogens with one attached hydrogen (secondary N) is 1. The number of carbonyl (C=O) groups is 1. The van der Waals surface area contributed by atoms with Crippen molar-refractivity contribution in [3.8, 4) is 0 Å². The van der Waals surface area contributed by atoms with E-state index in [0.29, 0.717) is 0 Å². The zero-order valence-electron chi connectivity index (χ0n) is 11.3. The first-order valence-corrected chi connectivity index (χ1v) is 8.33. The predicted molar refractivity (Wildman–Crippen MR) is 78.2 cm³/mol. The minimum Gasteiger partial charge on any atom is -0.478 e. The van der Waals surface area contributed by atoms with Gasteiger partial charge in [-0.15, -0.1) is 11.3 Å². The van der Waals surface area contributed by atoms with Gasteiger partial charge in [-0.1, -0.05) is 13.8 Å². The highest BCUT2D eigenvalue weighted by atomic mass is 32.2. The quantitative estimate of drug-likeness (QED) is 0.871. The second kappa shape index (κ2) is 5.78. The molecule has 2 N–H and O–H groups in total. The van der Waals surface area contributed by atoms with Crippen LogP contribution in [0, 0.1) is 0 Å². The number of aromatic carboxylic acids is 1. The van der Waals surface area contributed by atoms with Crippen molar-refractivity contribution < 1.29 is 18.3 Å². The second-order valence-electron chi connectivity index (χ2n) is 4.53. The van der Waals surface area contributed by atoms with Crippen LogP contribution in [0.1, 0.15) is 35.8 Å². The first-order chi connectivity index (χ1) is 9.79. The first-order valence-electron chi connectivity index (χ1n) is 5.97. The van der Waals surface area contributed by atoms with Crippen molar-refractivity contribution in [1.29, 1.82) is 0 Å². The van der Waals surface area contributed by atoms with Crippen molar-refractivity contribution in [1.82, 2.24) is 9.97 Å². The highest BCUT2D eigenvalue weighted by Gasteiger charge is 2.18. The SMILES string of the molecule is CC(C)c1csc(NS(=O)(=O)c2ccc(C(=O)O)cn2)n1. The van der Waals surface area contributed by atoms with Gasteiger partial charge in [0.05, 0.1) is 11.3 Å². The summed E-state index contributed by atoms with van der Waals surface area (Å²) in [5, 5.41) is 10.5. The molecule has 21 heavy (non-hydrogen) atoms. The van der Waals surface area contributed by atoms with Crippen molar-refractivity contribution in [3.05, 3.63) is 35.0 Å². The van der Waals surface area contributed by atoms with E-state index in [9.17, 15) is 13.2 Å². The fourth-order valence-electron chi connectivity index (χ4n) is 1.43. The van der Waals surface area contributed by atoms with Gasteiger partial charge in [-0.05, 0) is 18.1 Å². The molecule has 0 aromatic carbocycles. The summed E-state index contributed by atoms with van der Waals surface area (Å²) >= 11 is 1.18. The van der Waals surface area contributed by atoms with Crippen molar-refractivity contribution in [3.63, 3.8) is 0 Å². The fourth-order valence-corrected chi connectivity index (χ4v) is 3.49. The summed E-state index contributed by atoms with van der Waals surface area (Å²) in [5.41, 5.74) is 0.720. The van der Waals surface area contributed by atoms with E-state index in [2.05, 4.69) is 14.7 Å². The van der Waals surface area contributed by atoms with Gasteiger partial charge in [0.2, 0.25) is 0 Å². The van der Waals surface area contributed by atoms with Crippen LogP contribution in [0.15, 0.2) is 28.7 Å². The van der Waals surface area contributed by atoms with Crippen LogP contribution in [0.5, 0.6) is 0 Å². The molecule has 2 aromatic rings. The van der Waals surface area contributed by atoms with Gasteiger partial charge in [0.1, 0.15) is 0 Å². The zero-order valence-corrected chi connectivity index (χ0v) is 12.9. The fraction of sp³-hybridized carbons (Fsp3) is 0.250. The Hall–Kier alpha value is -2.00. The molecule has 0 bridgehead atoms. The standard InChI is InChI=1S/C12H13N3O4S2/c1-7(2)9-6-20-12(14-9)15-21(18,19)10-4-3-8(5-13-10)11(16)17/h3-7H,1-2H3,(H,14,15)(H,16,17). The molecule has 2 rings (SSSR count). The van der Waals surface area contributed by atoms with Crippen LogP contribution in [0.2, 0.25) is 0 Å². The molecule has 0 fully saturated rings. The smallest absolute Gasteiger partial charge is 0.337 e. The van der Waals surface area contributed by atoms with Crippen molar-refractivity contribution in [2.45, 2.75) is 24.8 Å². The monoisotopic (exact) mass is 327 g/mol. The third-order valence-corrected chi connectivity index (χ3v) is 4.75. The summed E-state index contributed by atoms with van der Waals surface area (Å²) in [6.07, 6.45) is 0.998. The van der Waals surface area contributed by atoms with Crippen LogP contribution in [0.4, 0.5) is 5.13 Å². The second-order valence-corrected chi connectivity index (χ2v) is 7.02. The van der Waals surface area contributed by atoms with Gasteiger partial charge < -0.3 is 5.11 Å². The highest BCUT2D eigenvalue weighted by molar-refractivity contribution is 7.92. The summed E-state index contributed by atoms with van der Waals surface area (Å²) in [6.45, 7) is 3.92. The number of hydrogen-bond donors (Lipinski definition) is 2. The van der Waals surface area contributed by atoms with Crippen LogP contribution in [0.3, 0.4) is 0 Å². The molecule has 0 amide bonds. The molecule has 0 aliphatic heterocycles. The summed E-state index contributed by atoms with van der Waals surface area (Å²) in [6, 6.07) is 2.33. The van der Waals surface area contributed by atoms with Gasteiger partial charge in [0.25, 0.3) is 10.0 Å². The van der Waals surface area contributed by atoms with E-state index in [4.69, 9.17) is 5.11 Å². The number of sulfonamides is 1. The Kier molecular flexibility index (Phi) is 4.24. The van der Waals surface area contributed by atoms with Gasteiger partial charge >= 0.3 is 5.97 Å². The Morgan fingerprint density at radius 2 is 2.10 bits per heavy atom. The third-order valence-electron chi connectivity index (χ3n) is 2.59. The molecule has 2 aromatic heterocycles. The van der Waals surface area contributed by atoms with E-state index in [1.54, 1.807) is 5.38 Å². The van der Waals surface area contributed by atoms with Crippen molar-refractivity contribution >= 4 is 32.5 Å². The number of rotatable bonds is 5. The Bertz CT molecular complexity index is 751. The number of hydrogen-bond acceptors (Lipinski definition) is 6. The molecule has 0 spiro atoms. The molecule has 0 unspecified atom stereocenters. The molecule has 0 atom stereocenters. The normalized spacial score (nSPS) is 11.6. The van der Waals surface area contributed by atoms with Crippen LogP contribution >= 0.6 is 11.3 Å². The van der Waals surface area contributed by atoms with Crippen molar-refractivity contribution in [2.75, 3.05) is 4.72 Å². The molecule has 0 aliphatic carbocycles. The van der Waals surface area contributed by atoms with Crippen LogP contribution in [0.25, 0.3) is 0 Å². The van der Waals surface area contributed by atoms with Crippen LogP contribution in [-0.4, -0.2) is 29.5 Å². The van der Waals surface area contributed by atoms with Gasteiger partial charge in [0, 0.05) is 11.6 Å². The molecule has 2 heterocycles. The van der Waals surface area contributed by atoms with E-state index in [-0.39, 0.29) is 21.6 Å². The molecule has 9 heteroatoms.